The Balaban J connectivity index is 1.98. The van der Waals surface area contributed by atoms with E-state index >= 15 is 0 Å². The van der Waals surface area contributed by atoms with Gasteiger partial charge in [-0.2, -0.15) is 0 Å². The number of aliphatic imine (C=N–C) groups is 1. The van der Waals surface area contributed by atoms with Crippen molar-refractivity contribution in [3.8, 4) is 0 Å². The molecule has 3 rings (SSSR count). The van der Waals surface area contributed by atoms with Crippen molar-refractivity contribution in [2.24, 2.45) is 4.99 Å². The molecule has 0 radical (unpaired) electrons. The number of benzene rings is 1. The first-order valence-electron chi connectivity index (χ1n) is 5.95. The van der Waals surface area contributed by atoms with Crippen LogP contribution in [-0.4, -0.2) is 11.7 Å². The normalized spacial score (nSPS) is 16.6. The molecule has 2 aromatic rings. The molecule has 19 heavy (non-hydrogen) atoms. The molecule has 0 atom stereocenters. The van der Waals surface area contributed by atoms with Gasteiger partial charge in [0.05, 0.1) is 6.26 Å². The summed E-state index contributed by atoms with van der Waals surface area (Å²) < 4.78 is 5.18. The Bertz CT molecular complexity index is 682. The minimum atomic E-state index is -0.213. The Morgan fingerprint density at radius 2 is 2.05 bits per heavy atom. The number of furan rings is 1. The van der Waals surface area contributed by atoms with E-state index in [9.17, 15) is 4.79 Å². The largest absolute Gasteiger partial charge is 0.465 e. The van der Waals surface area contributed by atoms with Gasteiger partial charge in [-0.3, -0.25) is 4.79 Å². The molecular weight excluding hydrogens is 240 g/mol. The van der Waals surface area contributed by atoms with Gasteiger partial charge in [0, 0.05) is 11.6 Å². The lowest BCUT2D eigenvalue weighted by Crippen LogP contribution is -2.25. The molecule has 0 saturated heterocycles. The van der Waals surface area contributed by atoms with Crippen LogP contribution in [0.5, 0.6) is 0 Å². The van der Waals surface area contributed by atoms with Crippen molar-refractivity contribution in [2.45, 2.75) is 6.92 Å². The molecule has 94 valence electrons. The molecule has 0 spiro atoms. The zero-order valence-corrected chi connectivity index (χ0v) is 10.4. The van der Waals surface area contributed by atoms with Crippen molar-refractivity contribution in [1.29, 1.82) is 0 Å². The predicted octanol–water partition coefficient (Wildman–Crippen LogP) is 2.51. The molecule has 1 aliphatic heterocycles. The van der Waals surface area contributed by atoms with Gasteiger partial charge in [-0.1, -0.05) is 24.3 Å². The van der Waals surface area contributed by atoms with E-state index in [2.05, 4.69) is 10.3 Å². The van der Waals surface area contributed by atoms with E-state index in [-0.39, 0.29) is 5.91 Å². The van der Waals surface area contributed by atoms with Gasteiger partial charge in [-0.25, -0.2) is 4.99 Å². The monoisotopic (exact) mass is 252 g/mol. The first-order valence-corrected chi connectivity index (χ1v) is 5.95. The summed E-state index contributed by atoms with van der Waals surface area (Å²) in [6, 6.07) is 11.3. The van der Waals surface area contributed by atoms with E-state index in [1.807, 2.05) is 31.2 Å². The second-order valence-electron chi connectivity index (χ2n) is 4.27. The van der Waals surface area contributed by atoms with Crippen LogP contribution in [-0.2, 0) is 4.79 Å². The Kier molecular flexibility index (Phi) is 2.76. The average Bonchev–Trinajstić information content (AvgIpc) is 3.02. The highest BCUT2D eigenvalue weighted by atomic mass is 16.3. The van der Waals surface area contributed by atoms with Crippen molar-refractivity contribution in [3.63, 3.8) is 0 Å². The van der Waals surface area contributed by atoms with E-state index in [0.717, 1.165) is 11.1 Å². The fourth-order valence-electron chi connectivity index (χ4n) is 1.94. The van der Waals surface area contributed by atoms with E-state index in [1.165, 1.54) is 0 Å². The van der Waals surface area contributed by atoms with Crippen LogP contribution in [0.2, 0.25) is 0 Å². The highest BCUT2D eigenvalue weighted by molar-refractivity contribution is 6.20. The average molecular weight is 252 g/mol. The van der Waals surface area contributed by atoms with E-state index in [0.29, 0.717) is 17.3 Å². The number of carbonyl (C=O) groups is 1. The third-order valence-corrected chi connectivity index (χ3v) is 2.92. The fraction of sp³-hybridized carbons (Fsp3) is 0.0667. The number of hydrogen-bond acceptors (Lipinski definition) is 3. The Morgan fingerprint density at radius 3 is 2.79 bits per heavy atom. The van der Waals surface area contributed by atoms with Crippen LogP contribution in [0.15, 0.2) is 57.8 Å². The molecule has 1 N–H and O–H groups in total. The summed E-state index contributed by atoms with van der Waals surface area (Å²) in [7, 11) is 0. The van der Waals surface area contributed by atoms with Gasteiger partial charge in [-0.15, -0.1) is 0 Å². The highest BCUT2D eigenvalue weighted by Gasteiger charge is 2.22. The number of hydrogen-bond donors (Lipinski definition) is 1. The van der Waals surface area contributed by atoms with Gasteiger partial charge in [0.15, 0.2) is 0 Å². The first kappa shape index (κ1) is 11.5. The van der Waals surface area contributed by atoms with Gasteiger partial charge < -0.3 is 9.73 Å². The predicted molar refractivity (Wildman–Crippen MR) is 72.5 cm³/mol. The molecule has 4 heteroatoms. The molecule has 0 saturated carbocycles. The third-order valence-electron chi connectivity index (χ3n) is 2.92. The lowest BCUT2D eigenvalue weighted by molar-refractivity contribution is -0.115. The Labute approximate surface area is 110 Å². The van der Waals surface area contributed by atoms with Crippen molar-refractivity contribution < 1.29 is 9.21 Å². The Morgan fingerprint density at radius 1 is 1.21 bits per heavy atom. The molecule has 1 aliphatic rings. The summed E-state index contributed by atoms with van der Waals surface area (Å²) in [5.41, 5.74) is 2.35. The molecule has 1 aromatic heterocycles. The summed E-state index contributed by atoms with van der Waals surface area (Å²) in [5, 5.41) is 2.77. The smallest absolute Gasteiger partial charge is 0.275 e. The molecule has 0 unspecified atom stereocenters. The van der Waals surface area contributed by atoms with Crippen molar-refractivity contribution in [2.75, 3.05) is 0 Å². The zero-order valence-electron chi connectivity index (χ0n) is 10.4. The maximum absolute atomic E-state index is 11.9. The molecule has 1 amide bonds. The van der Waals surface area contributed by atoms with Crippen LogP contribution in [0.3, 0.4) is 0 Å². The standard InChI is InChI=1S/C15H12N2O2/c1-10-5-2-3-7-12(10)14-16-13(15(18)17-14)9-11-6-4-8-19-11/h2-9H,1H3,(H,16,17,18). The molecule has 0 fully saturated rings. The fourth-order valence-corrected chi connectivity index (χ4v) is 1.94. The maximum Gasteiger partial charge on any atom is 0.275 e. The van der Waals surface area contributed by atoms with Gasteiger partial charge >= 0.3 is 0 Å². The second kappa shape index (κ2) is 4.57. The van der Waals surface area contributed by atoms with E-state index in [4.69, 9.17) is 4.42 Å². The van der Waals surface area contributed by atoms with Crippen molar-refractivity contribution >= 4 is 17.8 Å². The summed E-state index contributed by atoms with van der Waals surface area (Å²) in [6.45, 7) is 1.98. The summed E-state index contributed by atoms with van der Waals surface area (Å²) in [6.07, 6.45) is 3.19. The minimum Gasteiger partial charge on any atom is -0.465 e. The quantitative estimate of drug-likeness (QED) is 0.835. The van der Waals surface area contributed by atoms with E-state index in [1.54, 1.807) is 24.5 Å². The Hall–Kier alpha value is -2.62. The number of carbonyl (C=O) groups excluding carboxylic acids is 1. The lowest BCUT2D eigenvalue weighted by atomic mass is 10.1. The van der Waals surface area contributed by atoms with Gasteiger partial charge in [0.25, 0.3) is 5.91 Å². The van der Waals surface area contributed by atoms with Crippen LogP contribution in [0.25, 0.3) is 6.08 Å². The molecule has 4 nitrogen and oxygen atoms in total. The first-order chi connectivity index (χ1) is 9.24. The lowest BCUT2D eigenvalue weighted by Gasteiger charge is -2.03. The topological polar surface area (TPSA) is 54.6 Å². The molecule has 2 heterocycles. The highest BCUT2D eigenvalue weighted by Crippen LogP contribution is 2.17. The van der Waals surface area contributed by atoms with Gasteiger partial charge in [0.2, 0.25) is 0 Å². The number of rotatable bonds is 2. The number of amidine groups is 1. The number of aryl methyl sites for hydroxylation is 1. The number of nitrogens with one attached hydrogen (secondary N) is 1. The van der Waals surface area contributed by atoms with E-state index < -0.39 is 0 Å². The van der Waals surface area contributed by atoms with Crippen LogP contribution in [0.1, 0.15) is 16.9 Å². The van der Waals surface area contributed by atoms with Gasteiger partial charge in [-0.05, 0) is 24.6 Å². The summed E-state index contributed by atoms with van der Waals surface area (Å²) in [5.74, 6) is 0.982. The minimum absolute atomic E-state index is 0.213. The summed E-state index contributed by atoms with van der Waals surface area (Å²) >= 11 is 0. The summed E-state index contributed by atoms with van der Waals surface area (Å²) in [4.78, 5) is 16.2. The van der Waals surface area contributed by atoms with Crippen molar-refractivity contribution in [1.82, 2.24) is 5.32 Å². The maximum atomic E-state index is 11.9. The SMILES string of the molecule is Cc1ccccc1C1=NC(=Cc2ccco2)C(=O)N1. The van der Waals surface area contributed by atoms with Crippen LogP contribution in [0, 0.1) is 6.92 Å². The molecule has 0 aliphatic carbocycles. The second-order valence-corrected chi connectivity index (χ2v) is 4.27. The van der Waals surface area contributed by atoms with Crippen LogP contribution < -0.4 is 5.32 Å². The van der Waals surface area contributed by atoms with Crippen LogP contribution in [0.4, 0.5) is 0 Å². The zero-order chi connectivity index (χ0) is 13.2. The number of nitrogens with zero attached hydrogens (tertiary/aromatic N) is 1. The third kappa shape index (κ3) is 2.20. The molecule has 0 bridgehead atoms. The molecule has 1 aromatic carbocycles. The number of amides is 1. The van der Waals surface area contributed by atoms with Crippen molar-refractivity contribution in [3.05, 3.63) is 65.2 Å². The van der Waals surface area contributed by atoms with Crippen LogP contribution >= 0.6 is 0 Å². The van der Waals surface area contributed by atoms with Gasteiger partial charge in [0.1, 0.15) is 17.3 Å². The molecular formula is C15H12N2O2.